The minimum absolute atomic E-state index is 0.0250. The van der Waals surface area contributed by atoms with Gasteiger partial charge >= 0.3 is 5.97 Å². The maximum Gasteiger partial charge on any atom is 0.330 e. The Labute approximate surface area is 141 Å². The number of carboxylic acids is 1. The number of rotatable bonds is 8. The summed E-state index contributed by atoms with van der Waals surface area (Å²) in [6.07, 6.45) is 0.161. The Balaban J connectivity index is 6.18. The van der Waals surface area contributed by atoms with Crippen LogP contribution in [0.2, 0.25) is 16.1 Å². The van der Waals surface area contributed by atoms with Crippen molar-refractivity contribution < 1.29 is 22.9 Å². The van der Waals surface area contributed by atoms with Gasteiger partial charge in [-0.05, 0) is 29.0 Å². The molecule has 0 bridgehead atoms. The molecule has 0 aliphatic rings. The van der Waals surface area contributed by atoms with E-state index in [0.717, 1.165) is 0 Å². The summed E-state index contributed by atoms with van der Waals surface area (Å²) in [5.74, 6) is -1.13. The van der Waals surface area contributed by atoms with Crippen molar-refractivity contribution >= 4 is 24.2 Å². The quantitative estimate of drug-likeness (QED) is 0.381. The van der Waals surface area contributed by atoms with E-state index < -0.39 is 29.0 Å². The number of hydrogen-bond donors (Lipinski definition) is 2. The lowest BCUT2D eigenvalue weighted by molar-refractivity contribution is -0.132. The zero-order valence-corrected chi connectivity index (χ0v) is 17.2. The molecule has 1 atom stereocenters. The van der Waals surface area contributed by atoms with Gasteiger partial charge in [0.05, 0.1) is 12.9 Å². The molecule has 0 aromatic rings. The van der Waals surface area contributed by atoms with Gasteiger partial charge < -0.3 is 5.11 Å². The third kappa shape index (κ3) is 4.67. The monoisotopic (exact) mass is 364 g/mol. The van der Waals surface area contributed by atoms with E-state index in [0.29, 0.717) is 0 Å². The fraction of sp³-hybridized carbons (Fsp3) is 0.812. The second-order valence-electron chi connectivity index (χ2n) is 7.94. The molecule has 0 saturated carbocycles. The largest absolute Gasteiger partial charge is 0.478 e. The average Bonchev–Trinajstić information content (AvgIpc) is 2.29. The van der Waals surface area contributed by atoms with Crippen molar-refractivity contribution in [3.8, 4) is 0 Å². The van der Waals surface area contributed by atoms with E-state index in [4.69, 9.17) is 5.11 Å². The summed E-state index contributed by atoms with van der Waals surface area (Å²) in [6, 6.07) is 0. The molecule has 0 aromatic heterocycles. The van der Waals surface area contributed by atoms with Crippen molar-refractivity contribution in [1.82, 2.24) is 0 Å². The summed E-state index contributed by atoms with van der Waals surface area (Å²) >= 11 is 0. The summed E-state index contributed by atoms with van der Waals surface area (Å²) in [5.41, 5.74) is 0.211. The standard InChI is InChI=1S/C16H32O5SSi/c1-11(2)23(12(3)4,16(6,7)8)14(22(19,20)21)10-9-13(5)15(17)18/h11-12,14H,5,9-10H2,1-4,6-8H3,(H,17,18)(H,19,20,21). The van der Waals surface area contributed by atoms with E-state index in [1.54, 1.807) is 0 Å². The van der Waals surface area contributed by atoms with E-state index in [-0.39, 0.29) is 34.5 Å². The van der Waals surface area contributed by atoms with Crippen LogP contribution in [0.25, 0.3) is 0 Å². The number of aliphatic carboxylic acids is 1. The van der Waals surface area contributed by atoms with Crippen molar-refractivity contribution in [2.24, 2.45) is 0 Å². The number of carboxylic acid groups (broad SMARTS) is 1. The predicted octanol–water partition coefficient (Wildman–Crippen LogP) is 4.27. The van der Waals surface area contributed by atoms with Gasteiger partial charge in [-0.3, -0.25) is 4.55 Å². The third-order valence-corrected chi connectivity index (χ3v) is 15.9. The first-order chi connectivity index (χ1) is 10.1. The number of carbonyl (C=O) groups is 1. The molecule has 5 nitrogen and oxygen atoms in total. The highest BCUT2D eigenvalue weighted by atomic mass is 32.2. The highest BCUT2D eigenvalue weighted by Crippen LogP contribution is 2.54. The molecule has 0 aliphatic heterocycles. The third-order valence-electron chi connectivity index (χ3n) is 5.11. The zero-order valence-electron chi connectivity index (χ0n) is 15.4. The fourth-order valence-electron chi connectivity index (χ4n) is 4.67. The van der Waals surface area contributed by atoms with Crippen LogP contribution in [0.4, 0.5) is 0 Å². The van der Waals surface area contributed by atoms with Crippen LogP contribution in [0.1, 0.15) is 61.3 Å². The first-order valence-electron chi connectivity index (χ1n) is 7.97. The van der Waals surface area contributed by atoms with Crippen molar-refractivity contribution in [3.63, 3.8) is 0 Å². The Morgan fingerprint density at radius 3 is 1.74 bits per heavy atom. The lowest BCUT2D eigenvalue weighted by Gasteiger charge is -2.53. The van der Waals surface area contributed by atoms with E-state index in [2.05, 4.69) is 6.58 Å². The maximum atomic E-state index is 12.2. The minimum atomic E-state index is -4.29. The minimum Gasteiger partial charge on any atom is -0.478 e. The number of hydrogen-bond acceptors (Lipinski definition) is 3. The first kappa shape index (κ1) is 22.3. The van der Waals surface area contributed by atoms with Gasteiger partial charge in [0.25, 0.3) is 10.1 Å². The molecule has 1 unspecified atom stereocenters. The molecule has 0 heterocycles. The lowest BCUT2D eigenvalue weighted by atomic mass is 10.2. The molecule has 23 heavy (non-hydrogen) atoms. The molecule has 0 spiro atoms. The van der Waals surface area contributed by atoms with Crippen LogP contribution in [-0.4, -0.2) is 37.0 Å². The van der Waals surface area contributed by atoms with Gasteiger partial charge in [-0.2, -0.15) is 8.42 Å². The Kier molecular flexibility index (Phi) is 7.27. The Hall–Kier alpha value is -0.663. The molecule has 0 fully saturated rings. The first-order valence-corrected chi connectivity index (χ1v) is 11.7. The maximum absolute atomic E-state index is 12.2. The summed E-state index contributed by atoms with van der Waals surface area (Å²) in [4.78, 5) is 10.1. The molecular weight excluding hydrogens is 332 g/mol. The van der Waals surface area contributed by atoms with Crippen LogP contribution in [0, 0.1) is 0 Å². The van der Waals surface area contributed by atoms with Gasteiger partial charge in [0.2, 0.25) is 0 Å². The van der Waals surface area contributed by atoms with Gasteiger partial charge in [-0.1, -0.05) is 55.0 Å². The fourth-order valence-corrected chi connectivity index (χ4v) is 17.6. The normalized spacial score (nSPS) is 15.0. The highest BCUT2D eigenvalue weighted by Gasteiger charge is 2.58. The van der Waals surface area contributed by atoms with Crippen molar-refractivity contribution in [2.75, 3.05) is 0 Å². The van der Waals surface area contributed by atoms with E-state index >= 15 is 0 Å². The molecule has 0 aliphatic carbocycles. The van der Waals surface area contributed by atoms with Crippen molar-refractivity contribution in [3.05, 3.63) is 12.2 Å². The average molecular weight is 365 g/mol. The van der Waals surface area contributed by atoms with Crippen molar-refractivity contribution in [2.45, 2.75) is 82.3 Å². The Morgan fingerprint density at radius 2 is 1.52 bits per heavy atom. The second kappa shape index (κ2) is 7.48. The van der Waals surface area contributed by atoms with Gasteiger partial charge in [0, 0.05) is 5.57 Å². The summed E-state index contributed by atoms with van der Waals surface area (Å²) in [5, 5.41) is 8.72. The van der Waals surface area contributed by atoms with E-state index in [1.807, 2.05) is 48.5 Å². The Bertz CT molecular complexity index is 535. The molecule has 0 amide bonds. The molecule has 7 heteroatoms. The van der Waals surface area contributed by atoms with Gasteiger partial charge in [-0.15, -0.1) is 0 Å². The molecule has 0 radical (unpaired) electrons. The molecular formula is C16H32O5SSi. The van der Waals surface area contributed by atoms with Crippen LogP contribution in [0.3, 0.4) is 0 Å². The second-order valence-corrected chi connectivity index (χ2v) is 16.3. The zero-order chi connectivity index (χ0) is 18.8. The molecule has 0 rings (SSSR count). The molecule has 136 valence electrons. The van der Waals surface area contributed by atoms with Crippen LogP contribution < -0.4 is 0 Å². The van der Waals surface area contributed by atoms with E-state index in [1.165, 1.54) is 0 Å². The topological polar surface area (TPSA) is 91.7 Å². The predicted molar refractivity (Wildman–Crippen MR) is 97.0 cm³/mol. The van der Waals surface area contributed by atoms with Crippen LogP contribution >= 0.6 is 0 Å². The van der Waals surface area contributed by atoms with Crippen LogP contribution in [0.15, 0.2) is 12.2 Å². The summed E-state index contributed by atoms with van der Waals surface area (Å²) in [6.45, 7) is 17.6. The summed E-state index contributed by atoms with van der Waals surface area (Å²) in [7, 11) is -6.88. The smallest absolute Gasteiger partial charge is 0.330 e. The molecule has 0 saturated heterocycles. The molecule has 2 N–H and O–H groups in total. The Morgan fingerprint density at radius 1 is 1.13 bits per heavy atom. The van der Waals surface area contributed by atoms with Gasteiger partial charge in [-0.25, -0.2) is 4.79 Å². The summed E-state index contributed by atoms with van der Waals surface area (Å²) < 4.78 is 34.4. The van der Waals surface area contributed by atoms with Crippen molar-refractivity contribution in [1.29, 1.82) is 0 Å². The highest BCUT2D eigenvalue weighted by molar-refractivity contribution is 7.88. The lowest BCUT2D eigenvalue weighted by Crippen LogP contribution is -2.61. The van der Waals surface area contributed by atoms with Gasteiger partial charge in [0.15, 0.2) is 0 Å². The van der Waals surface area contributed by atoms with Crippen LogP contribution in [0.5, 0.6) is 0 Å². The van der Waals surface area contributed by atoms with Crippen LogP contribution in [-0.2, 0) is 14.9 Å². The van der Waals surface area contributed by atoms with Gasteiger partial charge in [0.1, 0.15) is 0 Å². The van der Waals surface area contributed by atoms with E-state index in [9.17, 15) is 17.8 Å². The molecule has 0 aromatic carbocycles. The SMILES string of the molecule is C=C(CCC([Si](C(C)C)(C(C)C)C(C)(C)C)S(=O)(=O)O)C(=O)O.